The second-order valence-electron chi connectivity index (χ2n) is 3.21. The van der Waals surface area contributed by atoms with Crippen molar-refractivity contribution in [2.45, 2.75) is 19.4 Å². The fraction of sp³-hybridized carbons (Fsp3) is 0.300. The maximum Gasteiger partial charge on any atom is 0.115 e. The van der Waals surface area contributed by atoms with E-state index in [2.05, 4.69) is 11.9 Å². The molecule has 12 heavy (non-hydrogen) atoms. The fourth-order valence-corrected chi connectivity index (χ4v) is 1.47. The number of nitrogens with zero attached hydrogens (tertiary/aromatic N) is 1. The van der Waals surface area contributed by atoms with Crippen molar-refractivity contribution in [3.63, 3.8) is 0 Å². The topological polar surface area (TPSA) is 32.6 Å². The summed E-state index contributed by atoms with van der Waals surface area (Å²) in [7, 11) is 0. The summed E-state index contributed by atoms with van der Waals surface area (Å²) in [6, 6.07) is 5.76. The average molecular weight is 161 g/mol. The Morgan fingerprint density at radius 3 is 3.17 bits per heavy atom. The van der Waals surface area contributed by atoms with Crippen molar-refractivity contribution >= 4 is 6.21 Å². The number of phenols is 1. The fourth-order valence-electron chi connectivity index (χ4n) is 1.47. The summed E-state index contributed by atoms with van der Waals surface area (Å²) in [6.07, 6.45) is 2.81. The normalized spacial score (nSPS) is 20.6. The van der Waals surface area contributed by atoms with Crippen LogP contribution in [-0.4, -0.2) is 17.4 Å². The van der Waals surface area contributed by atoms with E-state index >= 15 is 0 Å². The molecule has 1 aliphatic heterocycles. The van der Waals surface area contributed by atoms with E-state index in [4.69, 9.17) is 0 Å². The number of rotatable bonds is 0. The van der Waals surface area contributed by atoms with Crippen molar-refractivity contribution in [3.05, 3.63) is 29.3 Å². The maximum absolute atomic E-state index is 9.23. The largest absolute Gasteiger partial charge is 0.508 e. The molecule has 2 heteroatoms. The Hall–Kier alpha value is -1.31. The van der Waals surface area contributed by atoms with Gasteiger partial charge in [-0.25, -0.2) is 0 Å². The predicted molar refractivity (Wildman–Crippen MR) is 48.9 cm³/mol. The van der Waals surface area contributed by atoms with Crippen LogP contribution in [0.3, 0.4) is 0 Å². The van der Waals surface area contributed by atoms with Crippen molar-refractivity contribution in [1.29, 1.82) is 0 Å². The molecule has 1 atom stereocenters. The molecule has 0 bridgehead atoms. The summed E-state index contributed by atoms with van der Waals surface area (Å²) in [5, 5.41) is 9.23. The first-order valence-corrected chi connectivity index (χ1v) is 4.11. The zero-order chi connectivity index (χ0) is 8.55. The molecule has 1 aliphatic rings. The van der Waals surface area contributed by atoms with Gasteiger partial charge in [0.25, 0.3) is 0 Å². The van der Waals surface area contributed by atoms with Crippen LogP contribution < -0.4 is 0 Å². The molecule has 0 aromatic heterocycles. The Morgan fingerprint density at radius 1 is 1.50 bits per heavy atom. The van der Waals surface area contributed by atoms with Crippen LogP contribution in [0.4, 0.5) is 0 Å². The number of aromatic hydroxyl groups is 1. The molecule has 0 amide bonds. The highest BCUT2D eigenvalue weighted by Crippen LogP contribution is 2.20. The summed E-state index contributed by atoms with van der Waals surface area (Å²) >= 11 is 0. The summed E-state index contributed by atoms with van der Waals surface area (Å²) in [5.41, 5.74) is 2.32. The number of aliphatic imine (C=N–C) groups is 1. The van der Waals surface area contributed by atoms with Gasteiger partial charge in [0.15, 0.2) is 0 Å². The number of fused-ring (bicyclic) bond motifs is 1. The van der Waals surface area contributed by atoms with E-state index in [1.54, 1.807) is 6.07 Å². The summed E-state index contributed by atoms with van der Waals surface area (Å²) < 4.78 is 0. The van der Waals surface area contributed by atoms with Gasteiger partial charge < -0.3 is 5.11 Å². The van der Waals surface area contributed by atoms with Gasteiger partial charge in [-0.05, 0) is 42.7 Å². The zero-order valence-corrected chi connectivity index (χ0v) is 6.99. The van der Waals surface area contributed by atoms with Gasteiger partial charge in [-0.3, -0.25) is 4.99 Å². The smallest absolute Gasteiger partial charge is 0.115 e. The Kier molecular flexibility index (Phi) is 1.61. The number of hydrogen-bond acceptors (Lipinski definition) is 2. The minimum atomic E-state index is 0.344. The number of phenolic OH excluding ortho intramolecular Hbond substituents is 1. The molecule has 62 valence electrons. The van der Waals surface area contributed by atoms with E-state index in [1.165, 1.54) is 5.56 Å². The number of hydrogen-bond donors (Lipinski definition) is 1. The maximum atomic E-state index is 9.23. The Morgan fingerprint density at radius 2 is 2.33 bits per heavy atom. The van der Waals surface area contributed by atoms with E-state index in [0.29, 0.717) is 11.8 Å². The first-order chi connectivity index (χ1) is 5.75. The first-order valence-electron chi connectivity index (χ1n) is 4.11. The third-order valence-corrected chi connectivity index (χ3v) is 2.11. The molecular weight excluding hydrogens is 150 g/mol. The van der Waals surface area contributed by atoms with Gasteiger partial charge in [0, 0.05) is 6.21 Å². The van der Waals surface area contributed by atoms with Crippen LogP contribution >= 0.6 is 0 Å². The van der Waals surface area contributed by atoms with Crippen molar-refractivity contribution in [2.24, 2.45) is 4.99 Å². The quantitative estimate of drug-likeness (QED) is 0.617. The highest BCUT2D eigenvalue weighted by atomic mass is 16.3. The van der Waals surface area contributed by atoms with Crippen molar-refractivity contribution in [1.82, 2.24) is 0 Å². The van der Waals surface area contributed by atoms with Crippen LogP contribution in [0, 0.1) is 0 Å². The van der Waals surface area contributed by atoms with Gasteiger partial charge >= 0.3 is 0 Å². The number of benzene rings is 1. The van der Waals surface area contributed by atoms with Crippen molar-refractivity contribution in [2.75, 3.05) is 0 Å². The van der Waals surface area contributed by atoms with Crippen LogP contribution in [0.25, 0.3) is 0 Å². The average Bonchev–Trinajstić information content (AvgIpc) is 2.03. The van der Waals surface area contributed by atoms with E-state index in [-0.39, 0.29) is 0 Å². The van der Waals surface area contributed by atoms with Crippen molar-refractivity contribution in [3.8, 4) is 5.75 Å². The van der Waals surface area contributed by atoms with E-state index in [1.807, 2.05) is 18.3 Å². The van der Waals surface area contributed by atoms with Crippen LogP contribution in [0.15, 0.2) is 23.2 Å². The standard InChI is InChI=1S/C10H11NO/c1-7-4-9-5-10(12)3-2-8(9)6-11-7/h2-3,5-7,12H,4H2,1H3. The molecule has 0 fully saturated rings. The van der Waals surface area contributed by atoms with E-state index in [0.717, 1.165) is 12.0 Å². The molecule has 0 spiro atoms. The highest BCUT2D eigenvalue weighted by Gasteiger charge is 2.10. The Labute approximate surface area is 71.6 Å². The molecule has 0 aliphatic carbocycles. The van der Waals surface area contributed by atoms with Crippen molar-refractivity contribution < 1.29 is 5.11 Å². The van der Waals surface area contributed by atoms with Gasteiger partial charge in [0.2, 0.25) is 0 Å². The molecule has 1 aromatic rings. The lowest BCUT2D eigenvalue weighted by Crippen LogP contribution is -2.10. The van der Waals surface area contributed by atoms with Gasteiger partial charge in [-0.1, -0.05) is 0 Å². The van der Waals surface area contributed by atoms with E-state index < -0.39 is 0 Å². The van der Waals surface area contributed by atoms with Gasteiger partial charge in [-0.15, -0.1) is 0 Å². The lowest BCUT2D eigenvalue weighted by Gasteiger charge is -2.14. The predicted octanol–water partition coefficient (Wildman–Crippen LogP) is 1.76. The molecule has 1 heterocycles. The molecule has 0 saturated heterocycles. The van der Waals surface area contributed by atoms with Gasteiger partial charge in [0.1, 0.15) is 5.75 Å². The van der Waals surface area contributed by atoms with Crippen LogP contribution in [0.2, 0.25) is 0 Å². The second kappa shape index (κ2) is 2.63. The zero-order valence-electron chi connectivity index (χ0n) is 6.99. The molecule has 1 N–H and O–H groups in total. The summed E-state index contributed by atoms with van der Waals surface area (Å²) in [5.74, 6) is 0.344. The highest BCUT2D eigenvalue weighted by molar-refractivity contribution is 5.83. The SMILES string of the molecule is CC1Cc2cc(O)ccc2C=N1. The lowest BCUT2D eigenvalue weighted by atomic mass is 9.99. The monoisotopic (exact) mass is 161 g/mol. The molecule has 2 nitrogen and oxygen atoms in total. The summed E-state index contributed by atoms with van der Waals surface area (Å²) in [6.45, 7) is 2.07. The molecule has 0 saturated carbocycles. The van der Waals surface area contributed by atoms with Crippen LogP contribution in [-0.2, 0) is 6.42 Å². The molecule has 1 aromatic carbocycles. The van der Waals surface area contributed by atoms with Gasteiger partial charge in [-0.2, -0.15) is 0 Å². The van der Waals surface area contributed by atoms with Crippen LogP contribution in [0.5, 0.6) is 5.75 Å². The molecule has 1 unspecified atom stereocenters. The molecule has 2 rings (SSSR count). The Balaban J connectivity index is 2.47. The minimum Gasteiger partial charge on any atom is -0.508 e. The lowest BCUT2D eigenvalue weighted by molar-refractivity contribution is 0.474. The van der Waals surface area contributed by atoms with Crippen LogP contribution in [0.1, 0.15) is 18.1 Å². The second-order valence-corrected chi connectivity index (χ2v) is 3.21. The van der Waals surface area contributed by atoms with E-state index in [9.17, 15) is 5.11 Å². The van der Waals surface area contributed by atoms with Gasteiger partial charge in [0.05, 0.1) is 6.04 Å². The minimum absolute atomic E-state index is 0.344. The summed E-state index contributed by atoms with van der Waals surface area (Å²) in [4.78, 5) is 4.29. The third kappa shape index (κ3) is 1.20. The molecular formula is C10H11NO. The first kappa shape index (κ1) is 7.35. The third-order valence-electron chi connectivity index (χ3n) is 2.11. The Bertz CT molecular complexity index is 331. The molecule has 0 radical (unpaired) electrons.